The molecule has 104 valence electrons. The lowest BCUT2D eigenvalue weighted by Crippen LogP contribution is -2.51. The molecule has 1 aliphatic rings. The van der Waals surface area contributed by atoms with Crippen LogP contribution in [0.4, 0.5) is 5.69 Å². The fourth-order valence-corrected chi connectivity index (χ4v) is 3.20. The molecular formula is C16H18N2O2. The first-order valence-electron chi connectivity index (χ1n) is 6.82. The number of hydrogen-bond acceptors (Lipinski definition) is 3. The number of amides is 1. The van der Waals surface area contributed by atoms with Gasteiger partial charge < -0.3 is 9.32 Å². The average molecular weight is 270 g/mol. The molecule has 2 heterocycles. The number of para-hydroxylation sites is 1. The second-order valence-corrected chi connectivity index (χ2v) is 5.99. The van der Waals surface area contributed by atoms with Gasteiger partial charge in [0.1, 0.15) is 6.26 Å². The molecule has 3 rings (SSSR count). The van der Waals surface area contributed by atoms with E-state index in [4.69, 9.17) is 4.42 Å². The number of aromatic nitrogens is 1. The lowest BCUT2D eigenvalue weighted by atomic mass is 9.80. The first-order valence-corrected chi connectivity index (χ1v) is 6.82. The van der Waals surface area contributed by atoms with Crippen molar-refractivity contribution < 1.29 is 9.21 Å². The summed E-state index contributed by atoms with van der Waals surface area (Å²) in [6.07, 6.45) is 3.62. The van der Waals surface area contributed by atoms with Gasteiger partial charge in [-0.3, -0.25) is 4.79 Å². The Bertz CT molecular complexity index is 632. The second kappa shape index (κ2) is 4.47. The van der Waals surface area contributed by atoms with Gasteiger partial charge in [-0.05, 0) is 37.8 Å². The minimum absolute atomic E-state index is 0.108. The number of nitrogens with zero attached hydrogens (tertiary/aromatic N) is 2. The van der Waals surface area contributed by atoms with Crippen molar-refractivity contribution in [1.82, 2.24) is 4.98 Å². The third-order valence-electron chi connectivity index (χ3n) is 3.97. The summed E-state index contributed by atoms with van der Waals surface area (Å²) in [5.74, 6) is 0.325. The zero-order valence-corrected chi connectivity index (χ0v) is 12.0. The number of hydrogen-bond donors (Lipinski definition) is 0. The van der Waals surface area contributed by atoms with Crippen LogP contribution in [-0.2, 0) is 0 Å². The summed E-state index contributed by atoms with van der Waals surface area (Å²) in [6.45, 7) is 6.40. The Kier molecular flexibility index (Phi) is 2.89. The van der Waals surface area contributed by atoms with Crippen molar-refractivity contribution >= 4 is 11.6 Å². The highest BCUT2D eigenvalue weighted by atomic mass is 16.3. The zero-order chi connectivity index (χ0) is 14.3. The number of anilines is 1. The molecule has 4 heteroatoms. The lowest BCUT2D eigenvalue weighted by Gasteiger charge is -2.45. The molecule has 0 saturated heterocycles. The van der Waals surface area contributed by atoms with Crippen LogP contribution in [0.5, 0.6) is 0 Å². The first kappa shape index (κ1) is 12.9. The smallest absolute Gasteiger partial charge is 0.280 e. The van der Waals surface area contributed by atoms with E-state index in [-0.39, 0.29) is 11.4 Å². The normalized spacial score (nSPS) is 20.6. The number of oxazole rings is 1. The number of fused-ring (bicyclic) bond motifs is 1. The molecule has 0 spiro atoms. The zero-order valence-electron chi connectivity index (χ0n) is 12.0. The molecule has 20 heavy (non-hydrogen) atoms. The number of carbonyl (C=O) groups excluding carboxylic acids is 1. The number of rotatable bonds is 1. The van der Waals surface area contributed by atoms with Gasteiger partial charge in [-0.1, -0.05) is 25.1 Å². The molecular weight excluding hydrogens is 252 g/mol. The van der Waals surface area contributed by atoms with Crippen LogP contribution in [0.15, 0.2) is 41.3 Å². The summed E-state index contributed by atoms with van der Waals surface area (Å²) in [6, 6.07) is 8.09. The molecule has 1 amide bonds. The van der Waals surface area contributed by atoms with E-state index in [1.807, 2.05) is 23.1 Å². The first-order chi connectivity index (χ1) is 9.50. The maximum Gasteiger partial charge on any atom is 0.280 e. The van der Waals surface area contributed by atoms with Crippen LogP contribution in [-0.4, -0.2) is 16.4 Å². The van der Waals surface area contributed by atoms with Gasteiger partial charge in [0.15, 0.2) is 12.1 Å². The highest BCUT2D eigenvalue weighted by Gasteiger charge is 2.40. The minimum atomic E-state index is -0.246. The van der Waals surface area contributed by atoms with Gasteiger partial charge in [0.05, 0.1) is 0 Å². The molecule has 1 aromatic heterocycles. The summed E-state index contributed by atoms with van der Waals surface area (Å²) < 4.78 is 4.95. The summed E-state index contributed by atoms with van der Waals surface area (Å²) in [7, 11) is 0. The summed E-state index contributed by atoms with van der Waals surface area (Å²) >= 11 is 0. The van der Waals surface area contributed by atoms with Crippen LogP contribution >= 0.6 is 0 Å². The minimum Gasteiger partial charge on any atom is -0.451 e. The van der Waals surface area contributed by atoms with E-state index >= 15 is 0 Å². The topological polar surface area (TPSA) is 46.3 Å². The predicted molar refractivity (Wildman–Crippen MR) is 76.9 cm³/mol. The Morgan fingerprint density at radius 1 is 1.40 bits per heavy atom. The molecule has 4 nitrogen and oxygen atoms in total. The van der Waals surface area contributed by atoms with Crippen LogP contribution in [0.2, 0.25) is 0 Å². The van der Waals surface area contributed by atoms with Crippen molar-refractivity contribution in [2.45, 2.75) is 38.6 Å². The standard InChI is InChI=1S/C16H18N2O2/c1-11-8-16(2,3)18(14-7-5-4-6-12(11)14)15(19)13-9-20-10-17-13/h4-7,9-11H,8H2,1-3H3. The van der Waals surface area contributed by atoms with Crippen molar-refractivity contribution in [1.29, 1.82) is 0 Å². The Morgan fingerprint density at radius 3 is 2.85 bits per heavy atom. The average Bonchev–Trinajstić information content (AvgIpc) is 2.91. The van der Waals surface area contributed by atoms with Crippen LogP contribution in [0.3, 0.4) is 0 Å². The van der Waals surface area contributed by atoms with E-state index in [2.05, 4.69) is 31.8 Å². The maximum atomic E-state index is 12.7. The second-order valence-electron chi connectivity index (χ2n) is 5.99. The van der Waals surface area contributed by atoms with E-state index in [9.17, 15) is 4.79 Å². The van der Waals surface area contributed by atoms with Gasteiger partial charge >= 0.3 is 0 Å². The van der Waals surface area contributed by atoms with Gasteiger partial charge in [0.25, 0.3) is 5.91 Å². The molecule has 0 saturated carbocycles. The SMILES string of the molecule is CC1CC(C)(C)N(C(=O)c2cocn2)c2ccccc21. The Morgan fingerprint density at radius 2 is 2.15 bits per heavy atom. The van der Waals surface area contributed by atoms with E-state index < -0.39 is 0 Å². The third-order valence-corrected chi connectivity index (χ3v) is 3.97. The third kappa shape index (κ3) is 1.92. The molecule has 0 fully saturated rings. The van der Waals surface area contributed by atoms with Gasteiger partial charge in [-0.2, -0.15) is 0 Å². The van der Waals surface area contributed by atoms with Crippen LogP contribution in [0.1, 0.15) is 49.2 Å². The van der Waals surface area contributed by atoms with E-state index in [0.717, 1.165) is 12.1 Å². The molecule has 0 bridgehead atoms. The Hall–Kier alpha value is -2.10. The fourth-order valence-electron chi connectivity index (χ4n) is 3.20. The van der Waals surface area contributed by atoms with Gasteiger partial charge in [0.2, 0.25) is 0 Å². The van der Waals surface area contributed by atoms with Crippen LogP contribution in [0, 0.1) is 0 Å². The fraction of sp³-hybridized carbons (Fsp3) is 0.375. The van der Waals surface area contributed by atoms with Crippen LogP contribution in [0.25, 0.3) is 0 Å². The van der Waals surface area contributed by atoms with E-state index in [1.54, 1.807) is 0 Å². The van der Waals surface area contributed by atoms with Crippen molar-refractivity contribution in [2.24, 2.45) is 0 Å². The van der Waals surface area contributed by atoms with Gasteiger partial charge in [-0.25, -0.2) is 4.98 Å². The Balaban J connectivity index is 2.12. The molecule has 1 atom stereocenters. The molecule has 0 radical (unpaired) electrons. The van der Waals surface area contributed by atoms with E-state index in [1.165, 1.54) is 18.2 Å². The van der Waals surface area contributed by atoms with Crippen LogP contribution < -0.4 is 4.90 Å². The maximum absolute atomic E-state index is 12.7. The predicted octanol–water partition coefficient (Wildman–Crippen LogP) is 3.61. The van der Waals surface area contributed by atoms with Crippen molar-refractivity contribution in [3.8, 4) is 0 Å². The van der Waals surface area contributed by atoms with E-state index in [0.29, 0.717) is 11.6 Å². The highest BCUT2D eigenvalue weighted by Crippen LogP contribution is 2.43. The number of benzene rings is 1. The van der Waals surface area contributed by atoms with Crippen molar-refractivity contribution in [3.63, 3.8) is 0 Å². The molecule has 1 aromatic carbocycles. The molecule has 2 aromatic rings. The highest BCUT2D eigenvalue weighted by molar-refractivity contribution is 6.06. The molecule has 1 unspecified atom stereocenters. The quantitative estimate of drug-likeness (QED) is 0.795. The summed E-state index contributed by atoms with van der Waals surface area (Å²) in [4.78, 5) is 18.6. The molecule has 0 aliphatic carbocycles. The van der Waals surface area contributed by atoms with Gasteiger partial charge in [-0.15, -0.1) is 0 Å². The summed E-state index contributed by atoms with van der Waals surface area (Å²) in [5, 5.41) is 0. The molecule has 0 N–H and O–H groups in total. The summed E-state index contributed by atoms with van der Waals surface area (Å²) in [5.41, 5.74) is 2.29. The Labute approximate surface area is 118 Å². The largest absolute Gasteiger partial charge is 0.451 e. The molecule has 1 aliphatic heterocycles. The lowest BCUT2D eigenvalue weighted by molar-refractivity contribution is 0.0949. The van der Waals surface area contributed by atoms with Crippen molar-refractivity contribution in [3.05, 3.63) is 48.2 Å². The monoisotopic (exact) mass is 270 g/mol. The van der Waals surface area contributed by atoms with Gasteiger partial charge in [0, 0.05) is 11.2 Å². The number of carbonyl (C=O) groups is 1. The van der Waals surface area contributed by atoms with Crippen molar-refractivity contribution in [2.75, 3.05) is 4.90 Å².